The van der Waals surface area contributed by atoms with Crippen LogP contribution >= 0.6 is 0 Å². The quantitative estimate of drug-likeness (QED) is 0.628. The fourth-order valence-electron chi connectivity index (χ4n) is 3.70. The van der Waals surface area contributed by atoms with Crippen molar-refractivity contribution in [1.82, 2.24) is 0 Å². The molecular formula is C16H27NO2. The highest BCUT2D eigenvalue weighted by Crippen LogP contribution is 2.59. The molecule has 0 aromatic rings. The summed E-state index contributed by atoms with van der Waals surface area (Å²) in [5.41, 5.74) is 7.08. The minimum Gasteiger partial charge on any atom is -0.460 e. The van der Waals surface area contributed by atoms with E-state index in [4.69, 9.17) is 10.5 Å². The van der Waals surface area contributed by atoms with Gasteiger partial charge in [0.05, 0.1) is 6.42 Å². The number of hydrogen-bond donors (Lipinski definition) is 1. The molecule has 19 heavy (non-hydrogen) atoms. The van der Waals surface area contributed by atoms with Crippen molar-refractivity contribution in [2.75, 3.05) is 6.54 Å². The molecule has 0 bridgehead atoms. The summed E-state index contributed by atoms with van der Waals surface area (Å²) in [6, 6.07) is 0. The molecule has 0 unspecified atom stereocenters. The van der Waals surface area contributed by atoms with Gasteiger partial charge in [-0.2, -0.15) is 0 Å². The van der Waals surface area contributed by atoms with Crippen molar-refractivity contribution >= 4 is 5.97 Å². The fraction of sp³-hybridized carbons (Fsp3) is 0.812. The van der Waals surface area contributed by atoms with Gasteiger partial charge < -0.3 is 10.5 Å². The zero-order chi connectivity index (χ0) is 14.3. The van der Waals surface area contributed by atoms with Crippen molar-refractivity contribution in [2.24, 2.45) is 23.0 Å². The van der Waals surface area contributed by atoms with E-state index in [2.05, 4.69) is 13.0 Å². The number of rotatable bonds is 4. The standard InChI is InChI=1S/C16H27NO2/c1-5-11-6-12-8-16(10-17,13(12)7-11)9-14(18)19-15(2,3)4/h7,12-13H,5-6,8-10,17H2,1-4H3/t12-,13+,16-/m1/s1. The van der Waals surface area contributed by atoms with Gasteiger partial charge in [0.15, 0.2) is 0 Å². The normalized spacial score (nSPS) is 33.4. The second kappa shape index (κ2) is 4.93. The molecule has 2 aliphatic rings. The first-order valence-electron chi connectivity index (χ1n) is 7.41. The molecule has 0 aromatic heterocycles. The van der Waals surface area contributed by atoms with Crippen LogP contribution in [0.3, 0.4) is 0 Å². The number of allylic oxidation sites excluding steroid dienone is 2. The molecule has 3 nitrogen and oxygen atoms in total. The van der Waals surface area contributed by atoms with Crippen LogP contribution in [0.25, 0.3) is 0 Å². The Morgan fingerprint density at radius 1 is 1.53 bits per heavy atom. The Labute approximate surface area is 116 Å². The molecule has 2 aliphatic carbocycles. The van der Waals surface area contributed by atoms with Crippen LogP contribution in [0, 0.1) is 17.3 Å². The van der Waals surface area contributed by atoms with Gasteiger partial charge in [-0.05, 0) is 63.8 Å². The van der Waals surface area contributed by atoms with Gasteiger partial charge in [-0.3, -0.25) is 4.79 Å². The predicted molar refractivity (Wildman–Crippen MR) is 76.5 cm³/mol. The molecule has 3 atom stereocenters. The van der Waals surface area contributed by atoms with Crippen LogP contribution in [-0.4, -0.2) is 18.1 Å². The Morgan fingerprint density at radius 2 is 2.21 bits per heavy atom. The van der Waals surface area contributed by atoms with Crippen LogP contribution in [0.1, 0.15) is 53.4 Å². The fourth-order valence-corrected chi connectivity index (χ4v) is 3.70. The lowest BCUT2D eigenvalue weighted by Gasteiger charge is -2.51. The van der Waals surface area contributed by atoms with Crippen LogP contribution < -0.4 is 5.73 Å². The number of carbonyl (C=O) groups is 1. The number of nitrogens with two attached hydrogens (primary N) is 1. The minimum atomic E-state index is -0.407. The van der Waals surface area contributed by atoms with Gasteiger partial charge in [-0.1, -0.05) is 18.6 Å². The summed E-state index contributed by atoms with van der Waals surface area (Å²) in [6.07, 6.45) is 6.26. The van der Waals surface area contributed by atoms with E-state index in [1.54, 1.807) is 0 Å². The summed E-state index contributed by atoms with van der Waals surface area (Å²) in [6.45, 7) is 8.52. The van der Waals surface area contributed by atoms with E-state index in [9.17, 15) is 4.79 Å². The molecule has 1 saturated carbocycles. The van der Waals surface area contributed by atoms with Crippen molar-refractivity contribution in [1.29, 1.82) is 0 Å². The molecule has 0 aliphatic heterocycles. The summed E-state index contributed by atoms with van der Waals surface area (Å²) in [5.74, 6) is 1.12. The first kappa shape index (κ1) is 14.6. The third kappa shape index (κ3) is 2.86. The van der Waals surface area contributed by atoms with E-state index in [-0.39, 0.29) is 11.4 Å². The average molecular weight is 265 g/mol. The number of carbonyl (C=O) groups excluding carboxylic acids is 1. The van der Waals surface area contributed by atoms with Gasteiger partial charge in [-0.15, -0.1) is 0 Å². The molecule has 0 radical (unpaired) electrons. The van der Waals surface area contributed by atoms with Gasteiger partial charge in [0.2, 0.25) is 0 Å². The van der Waals surface area contributed by atoms with Gasteiger partial charge in [0.1, 0.15) is 5.60 Å². The van der Waals surface area contributed by atoms with Crippen LogP contribution in [0.15, 0.2) is 11.6 Å². The van der Waals surface area contributed by atoms with Crippen molar-refractivity contribution in [2.45, 2.75) is 59.0 Å². The number of fused-ring (bicyclic) bond motifs is 1. The van der Waals surface area contributed by atoms with Crippen LogP contribution in [-0.2, 0) is 9.53 Å². The van der Waals surface area contributed by atoms with E-state index in [1.807, 2.05) is 20.8 Å². The highest BCUT2D eigenvalue weighted by Gasteiger charge is 2.55. The van der Waals surface area contributed by atoms with E-state index in [0.717, 1.165) is 18.8 Å². The van der Waals surface area contributed by atoms with Crippen LogP contribution in [0.2, 0.25) is 0 Å². The summed E-state index contributed by atoms with van der Waals surface area (Å²) >= 11 is 0. The maximum absolute atomic E-state index is 12.1. The largest absolute Gasteiger partial charge is 0.460 e. The van der Waals surface area contributed by atoms with Gasteiger partial charge in [-0.25, -0.2) is 0 Å². The van der Waals surface area contributed by atoms with Crippen molar-refractivity contribution in [3.63, 3.8) is 0 Å². The molecule has 0 spiro atoms. The van der Waals surface area contributed by atoms with E-state index in [1.165, 1.54) is 12.0 Å². The van der Waals surface area contributed by atoms with Crippen LogP contribution in [0.5, 0.6) is 0 Å². The molecule has 0 amide bonds. The number of hydrogen-bond acceptors (Lipinski definition) is 3. The Bertz CT molecular complexity index is 394. The summed E-state index contributed by atoms with van der Waals surface area (Å²) < 4.78 is 5.46. The van der Waals surface area contributed by atoms with E-state index in [0.29, 0.717) is 18.9 Å². The summed E-state index contributed by atoms with van der Waals surface area (Å²) in [7, 11) is 0. The monoisotopic (exact) mass is 265 g/mol. The lowest BCUT2D eigenvalue weighted by molar-refractivity contribution is -0.162. The highest BCUT2D eigenvalue weighted by molar-refractivity contribution is 5.71. The number of ether oxygens (including phenoxy) is 1. The SMILES string of the molecule is CCC1=C[C@H]2[C@H](C1)C[C@]2(CN)CC(=O)OC(C)(C)C. The predicted octanol–water partition coefficient (Wildman–Crippen LogP) is 3.04. The average Bonchev–Trinajstić information content (AvgIpc) is 2.62. The minimum absolute atomic E-state index is 0.0378. The van der Waals surface area contributed by atoms with E-state index >= 15 is 0 Å². The van der Waals surface area contributed by atoms with Crippen molar-refractivity contribution in [3.05, 3.63) is 11.6 Å². The van der Waals surface area contributed by atoms with Crippen molar-refractivity contribution < 1.29 is 9.53 Å². The molecule has 3 heteroatoms. The topological polar surface area (TPSA) is 52.3 Å². The Kier molecular flexibility index (Phi) is 3.78. The maximum atomic E-state index is 12.1. The third-order valence-electron chi connectivity index (χ3n) is 4.60. The van der Waals surface area contributed by atoms with Crippen LogP contribution in [0.4, 0.5) is 0 Å². The molecule has 0 aromatic carbocycles. The Hall–Kier alpha value is -0.830. The highest BCUT2D eigenvalue weighted by atomic mass is 16.6. The zero-order valence-electron chi connectivity index (χ0n) is 12.7. The lowest BCUT2D eigenvalue weighted by atomic mass is 9.53. The molecule has 0 saturated heterocycles. The van der Waals surface area contributed by atoms with E-state index < -0.39 is 5.60 Å². The van der Waals surface area contributed by atoms with Gasteiger partial charge >= 0.3 is 5.97 Å². The van der Waals surface area contributed by atoms with Crippen molar-refractivity contribution in [3.8, 4) is 0 Å². The molecule has 2 rings (SSSR count). The molecule has 0 heterocycles. The Morgan fingerprint density at radius 3 is 2.74 bits per heavy atom. The summed E-state index contributed by atoms with van der Waals surface area (Å²) in [5, 5.41) is 0. The second-order valence-corrected chi connectivity index (χ2v) is 7.20. The molecule has 1 fully saturated rings. The smallest absolute Gasteiger partial charge is 0.306 e. The first-order chi connectivity index (χ1) is 8.79. The third-order valence-corrected chi connectivity index (χ3v) is 4.60. The molecule has 108 valence electrons. The number of esters is 1. The molecular weight excluding hydrogens is 238 g/mol. The maximum Gasteiger partial charge on any atom is 0.306 e. The molecule has 2 N–H and O–H groups in total. The Balaban J connectivity index is 2.02. The first-order valence-corrected chi connectivity index (χ1v) is 7.41. The lowest BCUT2D eigenvalue weighted by Crippen LogP contribution is -2.51. The van der Waals surface area contributed by atoms with Gasteiger partial charge in [0, 0.05) is 0 Å². The summed E-state index contributed by atoms with van der Waals surface area (Å²) in [4.78, 5) is 12.1. The second-order valence-electron chi connectivity index (χ2n) is 7.20. The van der Waals surface area contributed by atoms with Gasteiger partial charge in [0.25, 0.3) is 0 Å². The zero-order valence-corrected chi connectivity index (χ0v) is 12.7.